The SMILES string of the molecule is COC(=O)[C@H]1C[C@@H]1c1ccc(O[C@@H]2CCc3c(Oc4ccc5nc(C)sc5c4)ccc(F)c32)cc1. The van der Waals surface area contributed by atoms with Crippen LogP contribution in [-0.2, 0) is 16.0 Å². The molecule has 2 aliphatic rings. The molecule has 1 saturated carbocycles. The summed E-state index contributed by atoms with van der Waals surface area (Å²) in [5, 5.41) is 1.01. The zero-order valence-corrected chi connectivity index (χ0v) is 20.2. The van der Waals surface area contributed by atoms with Gasteiger partial charge < -0.3 is 14.2 Å². The van der Waals surface area contributed by atoms with E-state index < -0.39 is 0 Å². The standard InChI is InChI=1S/C28H24FNO4S/c1-15-30-23-10-7-18(13-26(23)35-15)34-24-12-9-22(29)27-19(24)8-11-25(27)33-17-5-3-16(4-6-17)20-14-21(20)28(31)32-2/h3-7,9-10,12-13,20-21,25H,8,11,14H2,1-2H3/t20-,21+,25-/m1/s1. The van der Waals surface area contributed by atoms with Gasteiger partial charge in [0, 0.05) is 17.2 Å². The summed E-state index contributed by atoms with van der Waals surface area (Å²) in [6.07, 6.45) is 1.78. The lowest BCUT2D eigenvalue weighted by Crippen LogP contribution is -2.06. The zero-order valence-electron chi connectivity index (χ0n) is 19.4. The number of esters is 1. The number of halogens is 1. The molecule has 0 N–H and O–H groups in total. The molecule has 1 heterocycles. The Kier molecular flexibility index (Phi) is 5.44. The Labute approximate surface area is 206 Å². The topological polar surface area (TPSA) is 57.7 Å². The lowest BCUT2D eigenvalue weighted by atomic mass is 10.1. The van der Waals surface area contributed by atoms with Crippen LogP contribution in [0.5, 0.6) is 17.2 Å². The number of rotatable bonds is 6. The summed E-state index contributed by atoms with van der Waals surface area (Å²) in [4.78, 5) is 16.2. The van der Waals surface area contributed by atoms with E-state index in [1.54, 1.807) is 17.4 Å². The van der Waals surface area contributed by atoms with E-state index in [1.807, 2.05) is 49.4 Å². The first-order chi connectivity index (χ1) is 17.0. The number of carbonyl (C=O) groups is 1. The van der Waals surface area contributed by atoms with Gasteiger partial charge in [0.25, 0.3) is 0 Å². The predicted molar refractivity (Wildman–Crippen MR) is 132 cm³/mol. The maximum absolute atomic E-state index is 14.9. The van der Waals surface area contributed by atoms with E-state index in [0.717, 1.165) is 32.8 Å². The van der Waals surface area contributed by atoms with Crippen LogP contribution in [0.2, 0.25) is 0 Å². The molecule has 1 fully saturated rings. The molecule has 5 nitrogen and oxygen atoms in total. The Morgan fingerprint density at radius 1 is 1.09 bits per heavy atom. The van der Waals surface area contributed by atoms with Crippen LogP contribution in [0, 0.1) is 18.7 Å². The third-order valence-corrected chi connectivity index (χ3v) is 7.75. The maximum Gasteiger partial charge on any atom is 0.309 e. The molecule has 35 heavy (non-hydrogen) atoms. The summed E-state index contributed by atoms with van der Waals surface area (Å²) >= 11 is 1.62. The number of benzene rings is 3. The average molecular weight is 490 g/mol. The lowest BCUT2D eigenvalue weighted by Gasteiger charge is -2.17. The van der Waals surface area contributed by atoms with Crippen LogP contribution in [0.3, 0.4) is 0 Å². The monoisotopic (exact) mass is 489 g/mol. The van der Waals surface area contributed by atoms with Crippen LogP contribution >= 0.6 is 11.3 Å². The summed E-state index contributed by atoms with van der Waals surface area (Å²) in [5.74, 6) is 1.76. The van der Waals surface area contributed by atoms with Gasteiger partial charge >= 0.3 is 5.97 Å². The van der Waals surface area contributed by atoms with Crippen molar-refractivity contribution in [2.75, 3.05) is 7.11 Å². The van der Waals surface area contributed by atoms with E-state index >= 15 is 0 Å². The number of thiazole rings is 1. The summed E-state index contributed by atoms with van der Waals surface area (Å²) < 4.78 is 33.2. The van der Waals surface area contributed by atoms with Crippen LogP contribution in [-0.4, -0.2) is 18.1 Å². The molecule has 0 saturated heterocycles. The van der Waals surface area contributed by atoms with Crippen molar-refractivity contribution in [3.8, 4) is 17.2 Å². The fraction of sp³-hybridized carbons (Fsp3) is 0.286. The molecular weight excluding hydrogens is 465 g/mol. The second kappa shape index (κ2) is 8.64. The van der Waals surface area contributed by atoms with Crippen LogP contribution < -0.4 is 9.47 Å². The van der Waals surface area contributed by atoms with Crippen molar-refractivity contribution in [3.63, 3.8) is 0 Å². The summed E-state index contributed by atoms with van der Waals surface area (Å²) in [6, 6.07) is 16.7. The van der Waals surface area contributed by atoms with Gasteiger partial charge in [0.05, 0.1) is 28.3 Å². The molecule has 4 aromatic rings. The first-order valence-electron chi connectivity index (χ1n) is 11.7. The van der Waals surface area contributed by atoms with Crippen molar-refractivity contribution >= 4 is 27.5 Å². The Hall–Kier alpha value is -3.45. The van der Waals surface area contributed by atoms with Crippen molar-refractivity contribution in [1.82, 2.24) is 4.98 Å². The van der Waals surface area contributed by atoms with E-state index in [9.17, 15) is 9.18 Å². The van der Waals surface area contributed by atoms with E-state index in [2.05, 4.69) is 4.98 Å². The first kappa shape index (κ1) is 22.0. The van der Waals surface area contributed by atoms with Gasteiger partial charge in [0.1, 0.15) is 29.2 Å². The van der Waals surface area contributed by atoms with Crippen molar-refractivity contribution < 1.29 is 23.4 Å². The third-order valence-electron chi connectivity index (χ3n) is 6.81. The molecule has 0 spiro atoms. The first-order valence-corrected chi connectivity index (χ1v) is 12.5. The van der Waals surface area contributed by atoms with E-state index in [0.29, 0.717) is 35.7 Å². The molecule has 7 heteroatoms. The van der Waals surface area contributed by atoms with Crippen molar-refractivity contribution in [2.24, 2.45) is 5.92 Å². The molecule has 0 aliphatic heterocycles. The third kappa shape index (κ3) is 4.14. The zero-order chi connectivity index (χ0) is 24.1. The predicted octanol–water partition coefficient (Wildman–Crippen LogP) is 6.88. The van der Waals surface area contributed by atoms with Crippen molar-refractivity contribution in [3.05, 3.63) is 82.1 Å². The fourth-order valence-corrected chi connectivity index (χ4v) is 5.85. The second-order valence-electron chi connectivity index (χ2n) is 9.09. The van der Waals surface area contributed by atoms with E-state index in [-0.39, 0.29) is 29.7 Å². The number of nitrogens with zero attached hydrogens (tertiary/aromatic N) is 1. The maximum atomic E-state index is 14.9. The van der Waals surface area contributed by atoms with Crippen LogP contribution in [0.4, 0.5) is 4.39 Å². The van der Waals surface area contributed by atoms with Gasteiger partial charge in [0.2, 0.25) is 0 Å². The molecule has 1 aromatic heterocycles. The van der Waals surface area contributed by atoms with Crippen molar-refractivity contribution in [2.45, 2.75) is 38.2 Å². The van der Waals surface area contributed by atoms with Gasteiger partial charge in [0.15, 0.2) is 0 Å². The largest absolute Gasteiger partial charge is 0.486 e. The van der Waals surface area contributed by atoms with Gasteiger partial charge in [-0.2, -0.15) is 0 Å². The molecule has 2 aliphatic carbocycles. The fourth-order valence-electron chi connectivity index (χ4n) is 5.00. The highest BCUT2D eigenvalue weighted by Crippen LogP contribution is 2.48. The average Bonchev–Trinajstić information content (AvgIpc) is 3.41. The number of aryl methyl sites for hydroxylation is 1. The summed E-state index contributed by atoms with van der Waals surface area (Å²) in [5.41, 5.74) is 3.46. The molecule has 6 rings (SSSR count). The number of methoxy groups -OCH3 is 1. The number of fused-ring (bicyclic) bond motifs is 2. The quantitative estimate of drug-likeness (QED) is 0.276. The van der Waals surface area contributed by atoms with Crippen LogP contribution in [0.25, 0.3) is 10.2 Å². The number of carbonyl (C=O) groups excluding carboxylic acids is 1. The molecule has 0 unspecified atom stereocenters. The lowest BCUT2D eigenvalue weighted by molar-refractivity contribution is -0.142. The number of hydrogen-bond acceptors (Lipinski definition) is 6. The van der Waals surface area contributed by atoms with Gasteiger partial charge in [-0.25, -0.2) is 9.37 Å². The van der Waals surface area contributed by atoms with Gasteiger partial charge in [-0.15, -0.1) is 11.3 Å². The highest BCUT2D eigenvalue weighted by molar-refractivity contribution is 7.18. The molecule has 3 aromatic carbocycles. The van der Waals surface area contributed by atoms with E-state index in [1.165, 1.54) is 13.2 Å². The molecule has 0 amide bonds. The summed E-state index contributed by atoms with van der Waals surface area (Å²) in [7, 11) is 1.42. The number of hydrogen-bond donors (Lipinski definition) is 0. The van der Waals surface area contributed by atoms with Crippen LogP contribution in [0.15, 0.2) is 54.6 Å². The Bertz CT molecular complexity index is 1430. The Morgan fingerprint density at radius 2 is 1.89 bits per heavy atom. The van der Waals surface area contributed by atoms with Gasteiger partial charge in [-0.05, 0) is 74.1 Å². The molecular formula is C28H24FNO4S. The second-order valence-corrected chi connectivity index (χ2v) is 10.3. The highest BCUT2D eigenvalue weighted by Gasteiger charge is 2.44. The van der Waals surface area contributed by atoms with Gasteiger partial charge in [-0.3, -0.25) is 4.79 Å². The smallest absolute Gasteiger partial charge is 0.309 e. The molecule has 178 valence electrons. The summed E-state index contributed by atoms with van der Waals surface area (Å²) in [6.45, 7) is 1.98. The Balaban J connectivity index is 1.20. The molecule has 3 atom stereocenters. The van der Waals surface area contributed by atoms with Crippen molar-refractivity contribution in [1.29, 1.82) is 0 Å². The van der Waals surface area contributed by atoms with Crippen LogP contribution in [0.1, 0.15) is 46.6 Å². The minimum Gasteiger partial charge on any atom is -0.486 e. The number of ether oxygens (including phenoxy) is 3. The number of aromatic nitrogens is 1. The minimum atomic E-state index is -0.380. The molecule has 0 bridgehead atoms. The van der Waals surface area contributed by atoms with E-state index in [4.69, 9.17) is 14.2 Å². The normalized spacial score (nSPS) is 20.5. The highest BCUT2D eigenvalue weighted by atomic mass is 32.1. The van der Waals surface area contributed by atoms with Gasteiger partial charge in [-0.1, -0.05) is 12.1 Å². The Morgan fingerprint density at radius 3 is 2.69 bits per heavy atom. The molecule has 0 radical (unpaired) electrons. The minimum absolute atomic E-state index is 0.0539.